The molecule has 1 amide bonds. The zero-order valence-corrected chi connectivity index (χ0v) is 11.4. The van der Waals surface area contributed by atoms with E-state index in [9.17, 15) is 4.79 Å². The number of amides is 1. The second kappa shape index (κ2) is 5.41. The third-order valence-corrected chi connectivity index (χ3v) is 4.06. The summed E-state index contributed by atoms with van der Waals surface area (Å²) in [5.41, 5.74) is 1.17. The molecule has 100 valence electrons. The van der Waals surface area contributed by atoms with E-state index in [2.05, 4.69) is 24.3 Å². The van der Waals surface area contributed by atoms with Crippen LogP contribution in [0.25, 0.3) is 0 Å². The van der Waals surface area contributed by atoms with Gasteiger partial charge in [-0.1, -0.05) is 6.07 Å². The zero-order valence-electron chi connectivity index (χ0n) is 11.4. The van der Waals surface area contributed by atoms with Crippen molar-refractivity contribution < 1.29 is 4.79 Å². The minimum absolute atomic E-state index is 0.106. The van der Waals surface area contributed by atoms with E-state index in [1.165, 1.54) is 6.42 Å². The maximum absolute atomic E-state index is 12.1. The first-order chi connectivity index (χ1) is 9.07. The Balaban J connectivity index is 2.00. The molecule has 0 unspecified atom stereocenters. The van der Waals surface area contributed by atoms with E-state index in [0.29, 0.717) is 17.7 Å². The number of carbonyl (C=O) groups excluding carboxylic acids is 1. The zero-order chi connectivity index (χ0) is 13.9. The Morgan fingerprint density at radius 2 is 2.21 bits per heavy atom. The molecule has 0 aliphatic heterocycles. The van der Waals surface area contributed by atoms with Crippen LogP contribution in [0.4, 0.5) is 0 Å². The topological polar surface area (TPSA) is 56.1 Å². The van der Waals surface area contributed by atoms with Crippen LogP contribution in [0, 0.1) is 11.3 Å². The summed E-state index contributed by atoms with van der Waals surface area (Å²) in [7, 11) is 4.11. The molecule has 1 aliphatic rings. The fourth-order valence-electron chi connectivity index (χ4n) is 2.44. The summed E-state index contributed by atoms with van der Waals surface area (Å²) in [6.45, 7) is 0.662. The summed E-state index contributed by atoms with van der Waals surface area (Å²) in [5.74, 6) is -0.106. The Bertz CT molecular complexity index is 512. The summed E-state index contributed by atoms with van der Waals surface area (Å²) < 4.78 is 0. The van der Waals surface area contributed by atoms with E-state index in [-0.39, 0.29) is 11.4 Å². The molecule has 0 heterocycles. The Kier molecular flexibility index (Phi) is 3.87. The number of carbonyl (C=O) groups is 1. The predicted molar refractivity (Wildman–Crippen MR) is 73.8 cm³/mol. The second-order valence-electron chi connectivity index (χ2n) is 5.35. The highest BCUT2D eigenvalue weighted by Gasteiger charge is 2.39. The molecule has 4 nitrogen and oxygen atoms in total. The van der Waals surface area contributed by atoms with Crippen molar-refractivity contribution in [2.45, 2.75) is 24.8 Å². The van der Waals surface area contributed by atoms with Crippen LogP contribution < -0.4 is 5.32 Å². The molecule has 1 aromatic rings. The van der Waals surface area contributed by atoms with Crippen molar-refractivity contribution in [2.75, 3.05) is 20.6 Å². The highest BCUT2D eigenvalue weighted by atomic mass is 16.1. The van der Waals surface area contributed by atoms with E-state index in [1.54, 1.807) is 24.3 Å². The molecule has 2 rings (SSSR count). The van der Waals surface area contributed by atoms with Gasteiger partial charge in [-0.2, -0.15) is 5.26 Å². The van der Waals surface area contributed by atoms with Gasteiger partial charge in [-0.15, -0.1) is 0 Å². The van der Waals surface area contributed by atoms with Crippen LogP contribution in [0.2, 0.25) is 0 Å². The first kappa shape index (κ1) is 13.6. The normalized spacial score (nSPS) is 16.5. The first-order valence-electron chi connectivity index (χ1n) is 6.53. The third kappa shape index (κ3) is 2.77. The molecular formula is C15H19N3O. The number of likely N-dealkylation sites (N-methyl/N-ethyl adjacent to an activating group) is 1. The van der Waals surface area contributed by atoms with Gasteiger partial charge in [0.25, 0.3) is 5.91 Å². The van der Waals surface area contributed by atoms with Crippen LogP contribution in [-0.2, 0) is 0 Å². The van der Waals surface area contributed by atoms with Crippen molar-refractivity contribution in [3.8, 4) is 6.07 Å². The van der Waals surface area contributed by atoms with Gasteiger partial charge in [0.15, 0.2) is 0 Å². The van der Waals surface area contributed by atoms with Gasteiger partial charge in [-0.25, -0.2) is 0 Å². The van der Waals surface area contributed by atoms with Crippen molar-refractivity contribution in [2.24, 2.45) is 0 Å². The summed E-state index contributed by atoms with van der Waals surface area (Å²) in [4.78, 5) is 14.3. The molecule has 19 heavy (non-hydrogen) atoms. The van der Waals surface area contributed by atoms with Crippen molar-refractivity contribution >= 4 is 5.91 Å². The van der Waals surface area contributed by atoms with Gasteiger partial charge in [-0.3, -0.25) is 4.79 Å². The molecule has 0 radical (unpaired) electrons. The number of nitriles is 1. The second-order valence-corrected chi connectivity index (χ2v) is 5.35. The molecular weight excluding hydrogens is 238 g/mol. The van der Waals surface area contributed by atoms with E-state index < -0.39 is 0 Å². The summed E-state index contributed by atoms with van der Waals surface area (Å²) in [6, 6.07) is 8.84. The number of nitrogens with one attached hydrogen (secondary N) is 1. The quantitative estimate of drug-likeness (QED) is 0.894. The van der Waals surface area contributed by atoms with Crippen LogP contribution in [-0.4, -0.2) is 37.0 Å². The Morgan fingerprint density at radius 3 is 2.74 bits per heavy atom. The van der Waals surface area contributed by atoms with Crippen LogP contribution >= 0.6 is 0 Å². The number of benzene rings is 1. The van der Waals surface area contributed by atoms with E-state index in [4.69, 9.17) is 5.26 Å². The lowest BCUT2D eigenvalue weighted by Gasteiger charge is -2.47. The first-order valence-corrected chi connectivity index (χ1v) is 6.53. The average molecular weight is 257 g/mol. The predicted octanol–water partition coefficient (Wildman–Crippen LogP) is 1.77. The van der Waals surface area contributed by atoms with E-state index in [1.807, 2.05) is 6.07 Å². The fourth-order valence-corrected chi connectivity index (χ4v) is 2.44. The highest BCUT2D eigenvalue weighted by molar-refractivity contribution is 5.94. The molecule has 4 heteroatoms. The molecule has 1 saturated carbocycles. The lowest BCUT2D eigenvalue weighted by molar-refractivity contribution is 0.0557. The fraction of sp³-hybridized carbons (Fsp3) is 0.467. The molecule has 0 aromatic heterocycles. The Morgan fingerprint density at radius 1 is 1.47 bits per heavy atom. The molecule has 1 N–H and O–H groups in total. The summed E-state index contributed by atoms with van der Waals surface area (Å²) in [6.07, 6.45) is 3.47. The van der Waals surface area contributed by atoms with Crippen LogP contribution in [0.15, 0.2) is 24.3 Å². The van der Waals surface area contributed by atoms with Gasteiger partial charge < -0.3 is 10.2 Å². The van der Waals surface area contributed by atoms with Gasteiger partial charge >= 0.3 is 0 Å². The van der Waals surface area contributed by atoms with Crippen molar-refractivity contribution in [3.05, 3.63) is 35.4 Å². The molecule has 1 fully saturated rings. The maximum Gasteiger partial charge on any atom is 0.251 e. The van der Waals surface area contributed by atoms with Gasteiger partial charge in [0, 0.05) is 17.6 Å². The van der Waals surface area contributed by atoms with E-state index in [0.717, 1.165) is 12.8 Å². The van der Waals surface area contributed by atoms with Gasteiger partial charge in [0.1, 0.15) is 0 Å². The van der Waals surface area contributed by atoms with Crippen molar-refractivity contribution in [1.29, 1.82) is 5.26 Å². The SMILES string of the molecule is CN(C)C1(CNC(=O)c2cccc(C#N)c2)CCC1. The molecule has 0 atom stereocenters. The summed E-state index contributed by atoms with van der Waals surface area (Å²) >= 11 is 0. The summed E-state index contributed by atoms with van der Waals surface area (Å²) in [5, 5.41) is 11.8. The lowest BCUT2D eigenvalue weighted by atomic mass is 9.75. The molecule has 1 aliphatic carbocycles. The highest BCUT2D eigenvalue weighted by Crippen LogP contribution is 2.35. The van der Waals surface area contributed by atoms with Gasteiger partial charge in [0.2, 0.25) is 0 Å². The molecule has 1 aromatic carbocycles. The van der Waals surface area contributed by atoms with Crippen LogP contribution in [0.1, 0.15) is 35.2 Å². The van der Waals surface area contributed by atoms with Gasteiger partial charge in [0.05, 0.1) is 11.6 Å². The number of nitrogens with zero attached hydrogens (tertiary/aromatic N) is 2. The maximum atomic E-state index is 12.1. The number of rotatable bonds is 4. The minimum atomic E-state index is -0.106. The van der Waals surface area contributed by atoms with Crippen LogP contribution in [0.5, 0.6) is 0 Å². The average Bonchev–Trinajstić information content (AvgIpc) is 2.37. The smallest absolute Gasteiger partial charge is 0.251 e. The molecule has 0 saturated heterocycles. The number of hydrogen-bond donors (Lipinski definition) is 1. The lowest BCUT2D eigenvalue weighted by Crippen LogP contribution is -2.57. The molecule has 0 bridgehead atoms. The third-order valence-electron chi connectivity index (χ3n) is 4.06. The standard InChI is InChI=1S/C15H19N3O/c1-18(2)15(7-4-8-15)11-17-14(19)13-6-3-5-12(9-13)10-16/h3,5-6,9H,4,7-8,11H2,1-2H3,(H,17,19). The van der Waals surface area contributed by atoms with Gasteiger partial charge in [-0.05, 0) is 51.6 Å². The van der Waals surface area contributed by atoms with Crippen LogP contribution in [0.3, 0.4) is 0 Å². The largest absolute Gasteiger partial charge is 0.350 e. The van der Waals surface area contributed by atoms with Crippen molar-refractivity contribution in [3.63, 3.8) is 0 Å². The molecule has 0 spiro atoms. The minimum Gasteiger partial charge on any atom is -0.350 e. The Hall–Kier alpha value is -1.86. The van der Waals surface area contributed by atoms with Crippen molar-refractivity contribution in [1.82, 2.24) is 10.2 Å². The van der Waals surface area contributed by atoms with E-state index >= 15 is 0 Å². The Labute approximate surface area is 114 Å². The number of hydrogen-bond acceptors (Lipinski definition) is 3. The monoisotopic (exact) mass is 257 g/mol.